The number of nitrogens with zero attached hydrogens (tertiary/aromatic N) is 8. The maximum atomic E-state index is 15.3. The standard InChI is InChI=1S/C44H45ClFN11O4/c45-35-20-31(6-3-27(35)21-47)56-14-13-33-36(24-56)48-25-49-41(33)52-38-11-9-34(40(46)51-38)42(59)50-29-4-1-26(2-5-29)22-54-15-17-55(18-16-54)30-7-8-32-28(19-30)23-57(44(32)61)37-10-12-39(58)53-43(37)60/h3,6-9,11,19-20,25-26,29,37H,1-2,4-5,10,12-18,22-24H2,(H,50,59)(H,53,58,60)(H,48,49,51,52)/t26-,29-,37?. The molecule has 0 radical (unpaired) electrons. The van der Waals surface area contributed by atoms with Crippen LogP contribution in [-0.4, -0.2) is 99.7 Å². The predicted molar refractivity (Wildman–Crippen MR) is 225 cm³/mol. The second-order valence-electron chi connectivity index (χ2n) is 16.5. The third-order valence-corrected chi connectivity index (χ3v) is 13.0. The maximum absolute atomic E-state index is 15.3. The zero-order valence-electron chi connectivity index (χ0n) is 33.5. The second kappa shape index (κ2) is 17.1. The van der Waals surface area contributed by atoms with Crippen molar-refractivity contribution in [3.8, 4) is 6.07 Å². The van der Waals surface area contributed by atoms with Gasteiger partial charge in [0.15, 0.2) is 0 Å². The summed E-state index contributed by atoms with van der Waals surface area (Å²) in [6, 6.07) is 15.7. The van der Waals surface area contributed by atoms with E-state index in [1.807, 2.05) is 18.2 Å². The molecule has 6 heterocycles. The number of imide groups is 1. The molecule has 2 aromatic carbocycles. The number of halogens is 2. The minimum absolute atomic E-state index is 0.0391. The number of pyridine rings is 1. The van der Waals surface area contributed by atoms with Crippen LogP contribution in [0.3, 0.4) is 0 Å². The Balaban J connectivity index is 0.723. The van der Waals surface area contributed by atoms with Gasteiger partial charge in [-0.05, 0) is 98.5 Å². The molecule has 0 bridgehead atoms. The topological polar surface area (TPSA) is 180 Å². The van der Waals surface area contributed by atoms with Crippen molar-refractivity contribution < 1.29 is 23.6 Å². The van der Waals surface area contributed by atoms with Crippen LogP contribution < -0.4 is 25.8 Å². The Morgan fingerprint density at radius 2 is 1.69 bits per heavy atom. The van der Waals surface area contributed by atoms with Crippen LogP contribution in [0.15, 0.2) is 54.9 Å². The van der Waals surface area contributed by atoms with Gasteiger partial charge in [-0.3, -0.25) is 29.4 Å². The summed E-state index contributed by atoms with van der Waals surface area (Å²) in [5.74, 6) is -0.915. The molecular formula is C44H45ClFN11O4. The van der Waals surface area contributed by atoms with E-state index < -0.39 is 23.8 Å². The Kier molecular flexibility index (Phi) is 11.3. The number of hydrogen-bond donors (Lipinski definition) is 3. The van der Waals surface area contributed by atoms with Crippen LogP contribution in [0.2, 0.25) is 5.02 Å². The third kappa shape index (κ3) is 8.44. The average Bonchev–Trinajstić information content (AvgIpc) is 3.59. The van der Waals surface area contributed by atoms with E-state index in [2.05, 4.69) is 57.7 Å². The highest BCUT2D eigenvalue weighted by Gasteiger charge is 2.39. The molecule has 15 nitrogen and oxygen atoms in total. The lowest BCUT2D eigenvalue weighted by Crippen LogP contribution is -2.52. The van der Waals surface area contributed by atoms with Gasteiger partial charge in [0.05, 0.1) is 28.4 Å². The molecule has 61 heavy (non-hydrogen) atoms. The molecular weight excluding hydrogens is 801 g/mol. The minimum atomic E-state index is -0.857. The Labute approximate surface area is 357 Å². The van der Waals surface area contributed by atoms with E-state index in [9.17, 15) is 24.4 Å². The lowest BCUT2D eigenvalue weighted by atomic mass is 9.85. The summed E-state index contributed by atoms with van der Waals surface area (Å²) in [6.45, 7) is 6.08. The van der Waals surface area contributed by atoms with Gasteiger partial charge in [-0.25, -0.2) is 15.0 Å². The molecule has 9 rings (SSSR count). The summed E-state index contributed by atoms with van der Waals surface area (Å²) in [7, 11) is 0. The van der Waals surface area contributed by atoms with Crippen molar-refractivity contribution in [3.05, 3.63) is 99.3 Å². The summed E-state index contributed by atoms with van der Waals surface area (Å²) in [4.78, 5) is 71.9. The number of aromatic nitrogens is 3. The van der Waals surface area contributed by atoms with Gasteiger partial charge in [0.1, 0.15) is 30.1 Å². The molecule has 2 saturated heterocycles. The Bertz CT molecular complexity index is 2450. The fourth-order valence-electron chi connectivity index (χ4n) is 9.33. The molecule has 17 heteroatoms. The van der Waals surface area contributed by atoms with E-state index in [1.54, 1.807) is 23.1 Å². The number of rotatable bonds is 9. The summed E-state index contributed by atoms with van der Waals surface area (Å²) < 4.78 is 15.3. The molecule has 1 atom stereocenters. The van der Waals surface area contributed by atoms with Gasteiger partial charge in [0.2, 0.25) is 17.8 Å². The monoisotopic (exact) mass is 845 g/mol. The molecule has 0 spiro atoms. The van der Waals surface area contributed by atoms with Crippen LogP contribution in [0.4, 0.5) is 27.4 Å². The summed E-state index contributed by atoms with van der Waals surface area (Å²) in [6.07, 6.45) is 6.24. The van der Waals surface area contributed by atoms with Crippen molar-refractivity contribution in [2.24, 2.45) is 5.92 Å². The number of piperidine rings is 1. The van der Waals surface area contributed by atoms with Crippen molar-refractivity contribution >= 4 is 58.2 Å². The van der Waals surface area contributed by atoms with E-state index in [4.69, 9.17) is 11.6 Å². The van der Waals surface area contributed by atoms with Crippen molar-refractivity contribution in [1.82, 2.24) is 35.4 Å². The summed E-state index contributed by atoms with van der Waals surface area (Å²) in [5.41, 5.74) is 5.51. The van der Waals surface area contributed by atoms with Gasteiger partial charge in [-0.1, -0.05) is 11.6 Å². The molecule has 314 valence electrons. The zero-order valence-corrected chi connectivity index (χ0v) is 34.3. The normalized spacial score (nSPS) is 21.7. The number of piperazine rings is 1. The number of benzene rings is 2. The maximum Gasteiger partial charge on any atom is 0.256 e. The minimum Gasteiger partial charge on any atom is -0.369 e. The van der Waals surface area contributed by atoms with E-state index in [-0.39, 0.29) is 35.7 Å². The molecule has 4 aromatic rings. The van der Waals surface area contributed by atoms with E-state index >= 15 is 4.39 Å². The first kappa shape index (κ1) is 40.2. The molecule has 4 aliphatic heterocycles. The van der Waals surface area contributed by atoms with E-state index in [0.29, 0.717) is 60.4 Å². The highest BCUT2D eigenvalue weighted by atomic mass is 35.5. The lowest BCUT2D eigenvalue weighted by molar-refractivity contribution is -0.136. The van der Waals surface area contributed by atoms with Crippen LogP contribution >= 0.6 is 11.6 Å². The molecule has 2 aromatic heterocycles. The Morgan fingerprint density at radius 3 is 2.44 bits per heavy atom. The van der Waals surface area contributed by atoms with E-state index in [1.165, 1.54) is 12.4 Å². The Morgan fingerprint density at radius 1 is 0.902 bits per heavy atom. The highest BCUT2D eigenvalue weighted by Crippen LogP contribution is 2.33. The van der Waals surface area contributed by atoms with Gasteiger partial charge < -0.3 is 25.3 Å². The molecule has 3 fully saturated rings. The smallest absolute Gasteiger partial charge is 0.256 e. The largest absolute Gasteiger partial charge is 0.369 e. The van der Waals surface area contributed by atoms with Gasteiger partial charge >= 0.3 is 0 Å². The van der Waals surface area contributed by atoms with Crippen molar-refractivity contribution in [2.75, 3.05) is 54.4 Å². The quantitative estimate of drug-likeness (QED) is 0.156. The number of carbonyl (C=O) groups excluding carboxylic acids is 4. The number of fused-ring (bicyclic) bond motifs is 2. The SMILES string of the molecule is N#Cc1ccc(N2CCc3c(ncnc3Nc3ccc(C(=O)N[C@H]4CC[C@H](CN5CCN(c6ccc7c(c6)CN(C6CCC(=O)NC6=O)C7=O)CC5)CC4)c(F)n3)C2)cc1Cl. The Hall–Kier alpha value is -6.18. The van der Waals surface area contributed by atoms with Crippen molar-refractivity contribution in [1.29, 1.82) is 5.26 Å². The fraction of sp³-hybridized carbons (Fsp3) is 0.409. The van der Waals surface area contributed by atoms with Gasteiger partial charge in [-0.15, -0.1) is 0 Å². The molecule has 3 N–H and O–H groups in total. The van der Waals surface area contributed by atoms with Crippen molar-refractivity contribution in [2.45, 2.75) is 70.1 Å². The highest BCUT2D eigenvalue weighted by molar-refractivity contribution is 6.32. The lowest BCUT2D eigenvalue weighted by Gasteiger charge is -2.39. The number of anilines is 4. The summed E-state index contributed by atoms with van der Waals surface area (Å²) >= 11 is 6.27. The van der Waals surface area contributed by atoms with Crippen LogP contribution in [0.25, 0.3) is 0 Å². The van der Waals surface area contributed by atoms with Gasteiger partial charge in [0.25, 0.3) is 11.8 Å². The number of carbonyl (C=O) groups is 4. The first-order chi connectivity index (χ1) is 29.6. The number of nitriles is 1. The first-order valence-electron chi connectivity index (χ1n) is 20.9. The van der Waals surface area contributed by atoms with Crippen LogP contribution in [0.5, 0.6) is 0 Å². The molecule has 1 aliphatic carbocycles. The summed E-state index contributed by atoms with van der Waals surface area (Å²) in [5, 5.41) is 18.1. The molecule has 4 amide bonds. The molecule has 5 aliphatic rings. The van der Waals surface area contributed by atoms with Gasteiger partial charge in [0, 0.05) is 80.8 Å². The van der Waals surface area contributed by atoms with Crippen LogP contribution in [-0.2, 0) is 29.1 Å². The number of hydrogen-bond acceptors (Lipinski definition) is 12. The van der Waals surface area contributed by atoms with Gasteiger partial charge in [-0.2, -0.15) is 9.65 Å². The number of nitrogens with one attached hydrogen (secondary N) is 3. The first-order valence-corrected chi connectivity index (χ1v) is 21.2. The number of amides is 4. The average molecular weight is 846 g/mol. The van der Waals surface area contributed by atoms with Crippen LogP contribution in [0, 0.1) is 23.2 Å². The zero-order chi connectivity index (χ0) is 42.2. The fourth-order valence-corrected chi connectivity index (χ4v) is 9.55. The third-order valence-electron chi connectivity index (χ3n) is 12.7. The van der Waals surface area contributed by atoms with Crippen LogP contribution in [0.1, 0.15) is 81.6 Å². The molecule has 1 saturated carbocycles. The predicted octanol–water partition coefficient (Wildman–Crippen LogP) is 4.71. The van der Waals surface area contributed by atoms with E-state index in [0.717, 1.165) is 86.6 Å². The van der Waals surface area contributed by atoms with Crippen molar-refractivity contribution in [3.63, 3.8) is 0 Å². The molecule has 1 unspecified atom stereocenters. The second-order valence-corrected chi connectivity index (χ2v) is 16.9.